The van der Waals surface area contributed by atoms with Crippen LogP contribution in [0.25, 0.3) is 0 Å². The minimum Gasteiger partial charge on any atom is -0.459 e. The van der Waals surface area contributed by atoms with Crippen LogP contribution in [0, 0.1) is 5.92 Å². The van der Waals surface area contributed by atoms with Crippen molar-refractivity contribution in [1.82, 2.24) is 0 Å². The standard InChI is InChI=1S/C15H22O5/c1-10(2)14(16)19-12-7-5-11(6-8-12)15(17)20-13-4-3-9-18-13/h11-13H,1,3-9H2,2H3. The smallest absolute Gasteiger partial charge is 0.333 e. The Morgan fingerprint density at radius 1 is 1.10 bits per heavy atom. The third-order valence-corrected chi connectivity index (χ3v) is 3.77. The van der Waals surface area contributed by atoms with Crippen LogP contribution >= 0.6 is 0 Å². The maximum atomic E-state index is 12.0. The summed E-state index contributed by atoms with van der Waals surface area (Å²) in [5, 5.41) is 0. The van der Waals surface area contributed by atoms with Crippen molar-refractivity contribution in [2.45, 2.75) is 57.8 Å². The van der Waals surface area contributed by atoms with E-state index in [4.69, 9.17) is 14.2 Å². The van der Waals surface area contributed by atoms with Crippen molar-refractivity contribution in [2.24, 2.45) is 5.92 Å². The highest BCUT2D eigenvalue weighted by Gasteiger charge is 2.31. The molecule has 0 aromatic heterocycles. The number of hydrogen-bond acceptors (Lipinski definition) is 5. The van der Waals surface area contributed by atoms with Gasteiger partial charge in [-0.3, -0.25) is 4.79 Å². The highest BCUT2D eigenvalue weighted by atomic mass is 16.7. The van der Waals surface area contributed by atoms with Crippen LogP contribution < -0.4 is 0 Å². The third-order valence-electron chi connectivity index (χ3n) is 3.77. The monoisotopic (exact) mass is 282 g/mol. The Morgan fingerprint density at radius 2 is 1.80 bits per heavy atom. The van der Waals surface area contributed by atoms with Crippen LogP contribution in [0.4, 0.5) is 0 Å². The highest BCUT2D eigenvalue weighted by Crippen LogP contribution is 2.28. The van der Waals surface area contributed by atoms with Gasteiger partial charge in [0.15, 0.2) is 0 Å². The first-order valence-corrected chi connectivity index (χ1v) is 7.25. The first kappa shape index (κ1) is 15.0. The number of esters is 2. The second-order valence-electron chi connectivity index (χ2n) is 5.54. The van der Waals surface area contributed by atoms with E-state index in [0.29, 0.717) is 37.9 Å². The molecule has 1 aliphatic carbocycles. The fourth-order valence-corrected chi connectivity index (χ4v) is 2.54. The molecule has 112 valence electrons. The van der Waals surface area contributed by atoms with Crippen molar-refractivity contribution in [3.63, 3.8) is 0 Å². The predicted molar refractivity (Wildman–Crippen MR) is 71.7 cm³/mol. The molecule has 0 bridgehead atoms. The van der Waals surface area contributed by atoms with Gasteiger partial charge in [0.2, 0.25) is 6.29 Å². The molecule has 2 aliphatic rings. The average molecular weight is 282 g/mol. The summed E-state index contributed by atoms with van der Waals surface area (Å²) >= 11 is 0. The Labute approximate surface area is 119 Å². The van der Waals surface area contributed by atoms with E-state index in [1.807, 2.05) is 0 Å². The van der Waals surface area contributed by atoms with Crippen molar-refractivity contribution in [3.05, 3.63) is 12.2 Å². The second kappa shape index (κ2) is 6.88. The van der Waals surface area contributed by atoms with Gasteiger partial charge in [-0.2, -0.15) is 0 Å². The lowest BCUT2D eigenvalue weighted by Crippen LogP contribution is -2.30. The minimum absolute atomic E-state index is 0.0982. The van der Waals surface area contributed by atoms with Gasteiger partial charge in [-0.05, 0) is 39.0 Å². The molecule has 0 aromatic carbocycles. The maximum Gasteiger partial charge on any atom is 0.333 e. The molecule has 5 nitrogen and oxygen atoms in total. The summed E-state index contributed by atoms with van der Waals surface area (Å²) < 4.78 is 15.9. The van der Waals surface area contributed by atoms with Gasteiger partial charge in [0.25, 0.3) is 0 Å². The van der Waals surface area contributed by atoms with Gasteiger partial charge in [-0.1, -0.05) is 6.58 Å². The lowest BCUT2D eigenvalue weighted by molar-refractivity contribution is -0.176. The fourth-order valence-electron chi connectivity index (χ4n) is 2.54. The highest BCUT2D eigenvalue weighted by molar-refractivity contribution is 5.87. The Balaban J connectivity index is 1.71. The van der Waals surface area contributed by atoms with Crippen LogP contribution in [0.1, 0.15) is 45.4 Å². The lowest BCUT2D eigenvalue weighted by Gasteiger charge is -2.27. The zero-order valence-corrected chi connectivity index (χ0v) is 11.9. The first-order chi connectivity index (χ1) is 9.56. The quantitative estimate of drug-likeness (QED) is 0.585. The summed E-state index contributed by atoms with van der Waals surface area (Å²) in [6, 6.07) is 0. The molecule has 2 rings (SSSR count). The molecule has 0 amide bonds. The zero-order chi connectivity index (χ0) is 14.5. The summed E-state index contributed by atoms with van der Waals surface area (Å²) in [6.07, 6.45) is 4.06. The van der Waals surface area contributed by atoms with Crippen LogP contribution in [0.15, 0.2) is 12.2 Å². The van der Waals surface area contributed by atoms with E-state index in [1.165, 1.54) is 0 Å². The lowest BCUT2D eigenvalue weighted by atomic mass is 9.87. The Kier molecular flexibility index (Phi) is 5.17. The summed E-state index contributed by atoms with van der Waals surface area (Å²) in [4.78, 5) is 23.4. The SMILES string of the molecule is C=C(C)C(=O)OC1CCC(C(=O)OC2CCCO2)CC1. The van der Waals surface area contributed by atoms with Crippen LogP contribution in [0.3, 0.4) is 0 Å². The molecule has 1 saturated heterocycles. The number of ether oxygens (including phenoxy) is 3. The Bertz CT molecular complexity index is 376. The molecule has 0 N–H and O–H groups in total. The van der Waals surface area contributed by atoms with Gasteiger partial charge >= 0.3 is 11.9 Å². The summed E-state index contributed by atoms with van der Waals surface area (Å²) in [6.45, 7) is 5.86. The van der Waals surface area contributed by atoms with E-state index >= 15 is 0 Å². The zero-order valence-electron chi connectivity index (χ0n) is 11.9. The molecule has 1 saturated carbocycles. The topological polar surface area (TPSA) is 61.8 Å². The van der Waals surface area contributed by atoms with Gasteiger partial charge in [0.05, 0.1) is 12.5 Å². The molecule has 1 heterocycles. The Morgan fingerprint density at radius 3 is 2.35 bits per heavy atom. The average Bonchev–Trinajstić information content (AvgIpc) is 2.92. The van der Waals surface area contributed by atoms with E-state index < -0.39 is 0 Å². The Hall–Kier alpha value is -1.36. The first-order valence-electron chi connectivity index (χ1n) is 7.25. The van der Waals surface area contributed by atoms with Gasteiger partial charge in [-0.25, -0.2) is 4.79 Å². The summed E-state index contributed by atoms with van der Waals surface area (Å²) in [7, 11) is 0. The summed E-state index contributed by atoms with van der Waals surface area (Å²) in [5.74, 6) is -0.629. The molecule has 2 fully saturated rings. The number of rotatable bonds is 4. The van der Waals surface area contributed by atoms with Crippen molar-refractivity contribution in [1.29, 1.82) is 0 Å². The van der Waals surface area contributed by atoms with E-state index in [2.05, 4.69) is 6.58 Å². The molecule has 0 spiro atoms. The van der Waals surface area contributed by atoms with Gasteiger partial charge in [0, 0.05) is 12.0 Å². The van der Waals surface area contributed by atoms with Crippen molar-refractivity contribution < 1.29 is 23.8 Å². The molecule has 5 heteroatoms. The van der Waals surface area contributed by atoms with Crippen LogP contribution in [0.5, 0.6) is 0 Å². The molecular weight excluding hydrogens is 260 g/mol. The minimum atomic E-state index is -0.360. The molecule has 1 aliphatic heterocycles. The molecular formula is C15H22O5. The maximum absolute atomic E-state index is 12.0. The van der Waals surface area contributed by atoms with Crippen LogP contribution in [-0.2, 0) is 23.8 Å². The molecule has 0 radical (unpaired) electrons. The fraction of sp³-hybridized carbons (Fsp3) is 0.733. The predicted octanol–water partition coefficient (Wildman–Crippen LogP) is 2.34. The van der Waals surface area contributed by atoms with E-state index in [9.17, 15) is 9.59 Å². The van der Waals surface area contributed by atoms with Crippen molar-refractivity contribution in [3.8, 4) is 0 Å². The van der Waals surface area contributed by atoms with Gasteiger partial charge < -0.3 is 14.2 Å². The molecule has 0 aromatic rings. The van der Waals surface area contributed by atoms with E-state index in [-0.39, 0.29) is 30.3 Å². The van der Waals surface area contributed by atoms with Crippen molar-refractivity contribution >= 4 is 11.9 Å². The van der Waals surface area contributed by atoms with Gasteiger partial charge in [-0.15, -0.1) is 0 Å². The normalized spacial score (nSPS) is 29.8. The summed E-state index contributed by atoms with van der Waals surface area (Å²) in [5.41, 5.74) is 0.407. The number of carbonyl (C=O) groups is 2. The third kappa shape index (κ3) is 4.07. The van der Waals surface area contributed by atoms with Gasteiger partial charge in [0.1, 0.15) is 6.10 Å². The molecule has 1 atom stereocenters. The van der Waals surface area contributed by atoms with Crippen LogP contribution in [-0.4, -0.2) is 30.9 Å². The number of carbonyl (C=O) groups excluding carboxylic acids is 2. The van der Waals surface area contributed by atoms with E-state index in [0.717, 1.165) is 12.8 Å². The molecule has 1 unspecified atom stereocenters. The largest absolute Gasteiger partial charge is 0.459 e. The number of hydrogen-bond donors (Lipinski definition) is 0. The van der Waals surface area contributed by atoms with Crippen LogP contribution in [0.2, 0.25) is 0 Å². The second-order valence-corrected chi connectivity index (χ2v) is 5.54. The molecule has 20 heavy (non-hydrogen) atoms. The van der Waals surface area contributed by atoms with Crippen molar-refractivity contribution in [2.75, 3.05) is 6.61 Å². The van der Waals surface area contributed by atoms with E-state index in [1.54, 1.807) is 6.92 Å².